The molecule has 0 fully saturated rings. The quantitative estimate of drug-likeness (QED) is 0.359. The average molecular weight is 330 g/mol. The van der Waals surface area contributed by atoms with E-state index >= 15 is 0 Å². The molecule has 1 aromatic rings. The first-order chi connectivity index (χ1) is 6.29. The Hall–Kier alpha value is 0.0900. The second kappa shape index (κ2) is 7.39. The van der Waals surface area contributed by atoms with Gasteiger partial charge in [-0.2, -0.15) is 4.57 Å². The molecule has 0 aromatic carbocycles. The van der Waals surface area contributed by atoms with Crippen LogP contribution in [0.25, 0.3) is 0 Å². The fourth-order valence-electron chi connectivity index (χ4n) is 1.15. The number of nitrogens with zero attached hydrogens (tertiary/aromatic N) is 1. The second-order valence-corrected chi connectivity index (χ2v) is 4.37. The third-order valence-corrected chi connectivity index (χ3v) is 3.12. The summed E-state index contributed by atoms with van der Waals surface area (Å²) in [6.07, 6.45) is 3.78. The van der Waals surface area contributed by atoms with Crippen molar-refractivity contribution >= 4 is 22.6 Å². The summed E-state index contributed by atoms with van der Waals surface area (Å²) in [5.41, 5.74) is 0. The van der Waals surface area contributed by atoms with E-state index in [4.69, 9.17) is 10.2 Å². The van der Waals surface area contributed by atoms with E-state index in [2.05, 4.69) is 22.6 Å². The Kier molecular flexibility index (Phi) is 7.44. The first-order valence-corrected chi connectivity index (χ1v) is 5.35. The van der Waals surface area contributed by atoms with E-state index < -0.39 is 0 Å². The van der Waals surface area contributed by atoms with Crippen molar-refractivity contribution in [3.8, 4) is 0 Å². The van der Waals surface area contributed by atoms with Gasteiger partial charge in [0.15, 0.2) is 18.4 Å². The van der Waals surface area contributed by atoms with Crippen LogP contribution < -0.4 is 17.0 Å². The van der Waals surface area contributed by atoms with E-state index in [-0.39, 0.29) is 35.6 Å². The highest BCUT2D eigenvalue weighted by Gasteiger charge is 2.25. The third kappa shape index (κ3) is 3.68. The van der Waals surface area contributed by atoms with Gasteiger partial charge in [0, 0.05) is 12.1 Å². The molecule has 2 N–H and O–H groups in total. The van der Waals surface area contributed by atoms with Gasteiger partial charge in [-0.25, -0.2) is 0 Å². The van der Waals surface area contributed by atoms with Crippen molar-refractivity contribution in [3.05, 3.63) is 30.6 Å². The molecule has 0 amide bonds. The predicted octanol–water partition coefficient (Wildman–Crippen LogP) is -2.69. The van der Waals surface area contributed by atoms with Gasteiger partial charge in [0.2, 0.25) is 0 Å². The molecule has 0 aliphatic carbocycles. The maximum Gasteiger partial charge on any atom is 0.194 e. The molecule has 3 nitrogen and oxygen atoms in total. The summed E-state index contributed by atoms with van der Waals surface area (Å²) in [5.74, 6) is 0. The maximum absolute atomic E-state index is 9.14. The summed E-state index contributed by atoms with van der Waals surface area (Å²) in [5, 5.41) is 18.1. The molecule has 1 rings (SSSR count). The van der Waals surface area contributed by atoms with Gasteiger partial charge in [-0.3, -0.25) is 0 Å². The van der Waals surface area contributed by atoms with E-state index in [1.54, 1.807) is 0 Å². The molecule has 80 valence electrons. The number of hydrogen-bond acceptors (Lipinski definition) is 2. The lowest BCUT2D eigenvalue weighted by molar-refractivity contribution is -0.723. The van der Waals surface area contributed by atoms with Crippen molar-refractivity contribution in [2.24, 2.45) is 0 Å². The third-order valence-electron chi connectivity index (χ3n) is 1.90. The summed E-state index contributed by atoms with van der Waals surface area (Å²) in [6, 6.07) is 5.69. The number of halogens is 2. The number of aliphatic hydroxyl groups excluding tert-OH is 2. The van der Waals surface area contributed by atoms with E-state index in [1.165, 1.54) is 0 Å². The van der Waals surface area contributed by atoms with Gasteiger partial charge in [-0.05, 0) is 0 Å². The smallest absolute Gasteiger partial charge is 0.194 e. The average Bonchev–Trinajstić information content (AvgIpc) is 2.20. The van der Waals surface area contributed by atoms with Crippen LogP contribution in [0.4, 0.5) is 0 Å². The fourth-order valence-corrected chi connectivity index (χ4v) is 1.75. The second-order valence-electron chi connectivity index (χ2n) is 2.77. The van der Waals surface area contributed by atoms with Crippen LogP contribution in [0, 0.1) is 0 Å². The number of aliphatic hydroxyl groups is 2. The Balaban J connectivity index is 0.00000169. The number of pyridine rings is 1. The molecule has 2 atom stereocenters. The van der Waals surface area contributed by atoms with Crippen molar-refractivity contribution in [1.82, 2.24) is 0 Å². The molecular weight excluding hydrogens is 316 g/mol. The minimum atomic E-state index is -0.0493. The van der Waals surface area contributed by atoms with Gasteiger partial charge in [-0.1, -0.05) is 28.7 Å². The molecule has 0 spiro atoms. The molecule has 0 radical (unpaired) electrons. The van der Waals surface area contributed by atoms with Crippen LogP contribution in [0.2, 0.25) is 0 Å². The van der Waals surface area contributed by atoms with Gasteiger partial charge < -0.3 is 22.6 Å². The normalized spacial score (nSPS) is 14.2. The van der Waals surface area contributed by atoms with Crippen LogP contribution in [-0.2, 0) is 0 Å². The van der Waals surface area contributed by atoms with Crippen LogP contribution >= 0.6 is 22.6 Å². The number of rotatable bonds is 4. The molecule has 14 heavy (non-hydrogen) atoms. The zero-order chi connectivity index (χ0) is 9.68. The van der Waals surface area contributed by atoms with Crippen LogP contribution in [0.15, 0.2) is 30.6 Å². The Morgan fingerprint density at radius 1 is 1.07 bits per heavy atom. The standard InChI is InChI=1S/C9H13INO2.ClH/c10-8(6-12)9(7-13)11-4-2-1-3-5-11;/h1-5,8-9,12-13H,6-7H2;1H/q+1;/p-1. The zero-order valence-corrected chi connectivity index (χ0v) is 10.5. The lowest BCUT2D eigenvalue weighted by Gasteiger charge is -2.13. The summed E-state index contributed by atoms with van der Waals surface area (Å²) in [6.45, 7) is 0.122. The summed E-state index contributed by atoms with van der Waals surface area (Å²) in [7, 11) is 0. The van der Waals surface area contributed by atoms with Crippen molar-refractivity contribution in [3.63, 3.8) is 0 Å². The molecule has 1 heterocycles. The highest BCUT2D eigenvalue weighted by molar-refractivity contribution is 14.1. The van der Waals surface area contributed by atoms with E-state index in [0.29, 0.717) is 0 Å². The molecule has 0 aliphatic heterocycles. The molecular formula is C9H13ClINO2. The van der Waals surface area contributed by atoms with Crippen molar-refractivity contribution in [2.75, 3.05) is 13.2 Å². The summed E-state index contributed by atoms with van der Waals surface area (Å²) in [4.78, 5) is 0. The molecule has 0 bridgehead atoms. The summed E-state index contributed by atoms with van der Waals surface area (Å²) >= 11 is 2.14. The van der Waals surface area contributed by atoms with Crippen LogP contribution in [0.1, 0.15) is 6.04 Å². The Morgan fingerprint density at radius 2 is 1.64 bits per heavy atom. The van der Waals surface area contributed by atoms with Crippen LogP contribution in [-0.4, -0.2) is 27.4 Å². The lowest BCUT2D eigenvalue weighted by Crippen LogP contribution is -3.00. The lowest BCUT2D eigenvalue weighted by atomic mass is 10.2. The molecule has 5 heteroatoms. The van der Waals surface area contributed by atoms with Gasteiger partial charge in [0.25, 0.3) is 0 Å². The predicted molar refractivity (Wildman–Crippen MR) is 57.7 cm³/mol. The van der Waals surface area contributed by atoms with E-state index in [0.717, 1.165) is 0 Å². The van der Waals surface area contributed by atoms with Crippen LogP contribution in [0.3, 0.4) is 0 Å². The van der Waals surface area contributed by atoms with Gasteiger partial charge in [0.05, 0.1) is 10.5 Å². The molecule has 1 aromatic heterocycles. The highest BCUT2D eigenvalue weighted by Crippen LogP contribution is 2.12. The molecule has 2 unspecified atom stereocenters. The van der Waals surface area contributed by atoms with Gasteiger partial charge in [-0.15, -0.1) is 0 Å². The van der Waals surface area contributed by atoms with Crippen molar-refractivity contribution in [2.45, 2.75) is 9.97 Å². The maximum atomic E-state index is 9.14. The number of alkyl halides is 1. The highest BCUT2D eigenvalue weighted by atomic mass is 127. The van der Waals surface area contributed by atoms with Crippen LogP contribution in [0.5, 0.6) is 0 Å². The van der Waals surface area contributed by atoms with Gasteiger partial charge >= 0.3 is 0 Å². The first-order valence-electron chi connectivity index (χ1n) is 4.11. The Bertz CT molecular complexity index is 248. The topological polar surface area (TPSA) is 44.3 Å². The molecule has 0 aliphatic rings. The Labute approximate surface area is 103 Å². The summed E-state index contributed by atoms with van der Waals surface area (Å²) < 4.78 is 1.95. The largest absolute Gasteiger partial charge is 1.00 e. The Morgan fingerprint density at radius 3 is 2.07 bits per heavy atom. The zero-order valence-electron chi connectivity index (χ0n) is 7.55. The molecule has 0 saturated carbocycles. The number of aromatic nitrogens is 1. The van der Waals surface area contributed by atoms with Crippen molar-refractivity contribution < 1.29 is 27.2 Å². The fraction of sp³-hybridized carbons (Fsp3) is 0.444. The monoisotopic (exact) mass is 329 g/mol. The number of hydrogen-bond donors (Lipinski definition) is 2. The molecule has 0 saturated heterocycles. The van der Waals surface area contributed by atoms with Crippen molar-refractivity contribution in [1.29, 1.82) is 0 Å². The minimum Gasteiger partial charge on any atom is -1.00 e. The van der Waals surface area contributed by atoms with E-state index in [9.17, 15) is 0 Å². The first kappa shape index (κ1) is 14.1. The van der Waals surface area contributed by atoms with Gasteiger partial charge in [0.1, 0.15) is 6.61 Å². The SMILES string of the molecule is OCC(I)C(CO)[n+]1ccccc1.[Cl-]. The minimum absolute atomic E-state index is 0. The van der Waals surface area contributed by atoms with E-state index in [1.807, 2.05) is 35.2 Å².